The molecule has 3 rings (SSSR count). The van der Waals surface area contributed by atoms with E-state index in [9.17, 15) is 13.2 Å². The number of thioether (sulfide) groups is 1. The van der Waals surface area contributed by atoms with Crippen molar-refractivity contribution in [3.8, 4) is 11.6 Å². The van der Waals surface area contributed by atoms with Gasteiger partial charge in [0.15, 0.2) is 5.16 Å². The van der Waals surface area contributed by atoms with Crippen molar-refractivity contribution in [2.75, 3.05) is 6.26 Å². The fourth-order valence-corrected chi connectivity index (χ4v) is 3.20. The Bertz CT molecular complexity index is 997. The summed E-state index contributed by atoms with van der Waals surface area (Å²) in [6.45, 7) is 1.73. The molecule has 0 unspecified atom stereocenters. The molecule has 5 nitrogen and oxygen atoms in total. The molecule has 2 aromatic heterocycles. The number of benzene rings is 1. The van der Waals surface area contributed by atoms with E-state index < -0.39 is 12.3 Å². The predicted molar refractivity (Wildman–Crippen MR) is 102 cm³/mol. The van der Waals surface area contributed by atoms with E-state index in [1.165, 1.54) is 22.9 Å². The Morgan fingerprint density at radius 2 is 1.89 bits per heavy atom. The first kappa shape index (κ1) is 20.8. The molecule has 28 heavy (non-hydrogen) atoms. The van der Waals surface area contributed by atoms with E-state index in [1.54, 1.807) is 25.4 Å². The Hall–Kier alpha value is -1.97. The lowest BCUT2D eigenvalue weighted by atomic mass is 10.1. The first-order valence-corrected chi connectivity index (χ1v) is 9.79. The quantitative estimate of drug-likeness (QED) is 0.285. The van der Waals surface area contributed by atoms with Crippen molar-refractivity contribution in [1.82, 2.24) is 19.7 Å². The molecule has 3 aromatic rings. The Kier molecular flexibility index (Phi) is 6.07. The van der Waals surface area contributed by atoms with Crippen LogP contribution in [0.15, 0.2) is 41.7 Å². The summed E-state index contributed by atoms with van der Waals surface area (Å²) in [5.74, 6) is -0.288. The lowest BCUT2D eigenvalue weighted by Crippen LogP contribution is -2.28. The average Bonchev–Trinajstić information content (AvgIpc) is 3.05. The van der Waals surface area contributed by atoms with E-state index >= 15 is 0 Å². The fraction of sp³-hybridized carbons (Fsp3) is 0.235. The van der Waals surface area contributed by atoms with E-state index in [0.29, 0.717) is 5.69 Å². The van der Waals surface area contributed by atoms with E-state index in [2.05, 4.69) is 15.1 Å². The predicted octanol–water partition coefficient (Wildman–Crippen LogP) is 5.68. The Morgan fingerprint density at radius 3 is 2.50 bits per heavy atom. The maximum absolute atomic E-state index is 13.9. The monoisotopic (exact) mass is 448 g/mol. The van der Waals surface area contributed by atoms with Gasteiger partial charge in [-0.05, 0) is 31.4 Å². The molecule has 0 spiro atoms. The molecule has 0 bridgehead atoms. The second kappa shape index (κ2) is 8.18. The van der Waals surface area contributed by atoms with E-state index in [4.69, 9.17) is 27.9 Å². The molecule has 0 aliphatic carbocycles. The molecule has 0 N–H and O–H groups in total. The summed E-state index contributed by atoms with van der Waals surface area (Å²) in [6, 6.07) is 6.81. The zero-order valence-electron chi connectivity index (χ0n) is 14.5. The van der Waals surface area contributed by atoms with Crippen LogP contribution in [0.2, 0.25) is 10.2 Å². The molecule has 0 amide bonds. The van der Waals surface area contributed by atoms with Gasteiger partial charge in [0.1, 0.15) is 5.15 Å². The molecule has 0 saturated carbocycles. The van der Waals surface area contributed by atoms with Crippen LogP contribution in [0.3, 0.4) is 0 Å². The molecular formula is C17H13Cl2F3N4OS. The van der Waals surface area contributed by atoms with E-state index in [-0.39, 0.29) is 32.5 Å². The summed E-state index contributed by atoms with van der Waals surface area (Å²) in [4.78, 5) is 7.85. The van der Waals surface area contributed by atoms with Crippen molar-refractivity contribution in [3.05, 3.63) is 58.0 Å². The third kappa shape index (κ3) is 4.71. The zero-order chi connectivity index (χ0) is 20.5. The topological polar surface area (TPSA) is 52.8 Å². The van der Waals surface area contributed by atoms with Crippen molar-refractivity contribution in [2.45, 2.75) is 24.4 Å². The summed E-state index contributed by atoms with van der Waals surface area (Å²) >= 11 is 13.0. The minimum atomic E-state index is -4.73. The number of rotatable bonds is 5. The molecule has 1 atom stereocenters. The van der Waals surface area contributed by atoms with Crippen molar-refractivity contribution in [2.24, 2.45) is 0 Å². The molecule has 148 valence electrons. The van der Waals surface area contributed by atoms with Gasteiger partial charge in [0, 0.05) is 22.8 Å². The highest BCUT2D eigenvalue weighted by atomic mass is 35.5. The van der Waals surface area contributed by atoms with Crippen molar-refractivity contribution in [3.63, 3.8) is 0 Å². The van der Waals surface area contributed by atoms with E-state index in [1.807, 2.05) is 0 Å². The summed E-state index contributed by atoms with van der Waals surface area (Å²) in [6.07, 6.45) is -3.83. The third-order valence-corrected chi connectivity index (χ3v) is 4.59. The number of halogens is 5. The normalized spacial score (nSPS) is 12.8. The lowest BCUT2D eigenvalue weighted by Gasteiger charge is -2.24. The number of ether oxygens (including phenoxy) is 1. The number of alkyl halides is 3. The molecule has 11 heteroatoms. The zero-order valence-corrected chi connectivity index (χ0v) is 16.9. The second-order valence-corrected chi connectivity index (χ2v) is 7.26. The molecular weight excluding hydrogens is 436 g/mol. The van der Waals surface area contributed by atoms with Crippen LogP contribution < -0.4 is 4.74 Å². The number of hydrogen-bond acceptors (Lipinski definition) is 5. The third-order valence-electron chi connectivity index (χ3n) is 3.61. The highest BCUT2D eigenvalue weighted by Gasteiger charge is 2.45. The van der Waals surface area contributed by atoms with Crippen LogP contribution in [0.25, 0.3) is 5.69 Å². The Labute approximate surface area is 172 Å². The highest BCUT2D eigenvalue weighted by Crippen LogP contribution is 2.40. The smallest absolute Gasteiger partial charge is 0.429 e. The second-order valence-electron chi connectivity index (χ2n) is 5.66. The minimum absolute atomic E-state index is 0.0192. The molecule has 0 radical (unpaired) electrons. The van der Waals surface area contributed by atoms with Crippen LogP contribution in [0, 0.1) is 6.92 Å². The highest BCUT2D eigenvalue weighted by molar-refractivity contribution is 7.98. The van der Waals surface area contributed by atoms with Crippen LogP contribution in [-0.2, 0) is 0 Å². The first-order chi connectivity index (χ1) is 13.2. The molecule has 0 fully saturated rings. The molecule has 0 aliphatic rings. The van der Waals surface area contributed by atoms with Crippen molar-refractivity contribution >= 4 is 35.0 Å². The number of hydrogen-bond donors (Lipinski definition) is 0. The van der Waals surface area contributed by atoms with Gasteiger partial charge >= 0.3 is 6.18 Å². The van der Waals surface area contributed by atoms with Gasteiger partial charge in [0.2, 0.25) is 12.0 Å². The van der Waals surface area contributed by atoms with Gasteiger partial charge in [0.05, 0.1) is 11.4 Å². The molecule has 0 aliphatic heterocycles. The minimum Gasteiger partial charge on any atom is -0.459 e. The maximum Gasteiger partial charge on any atom is 0.429 e. The van der Waals surface area contributed by atoms with Gasteiger partial charge in [0.25, 0.3) is 0 Å². The van der Waals surface area contributed by atoms with Crippen LogP contribution in [0.1, 0.15) is 17.4 Å². The number of aromatic nitrogens is 4. The van der Waals surface area contributed by atoms with Gasteiger partial charge in [-0.25, -0.2) is 9.67 Å². The van der Waals surface area contributed by atoms with Crippen molar-refractivity contribution in [1.29, 1.82) is 0 Å². The summed E-state index contributed by atoms with van der Waals surface area (Å²) in [5.41, 5.74) is 0.621. The Balaban J connectivity index is 2.10. The lowest BCUT2D eigenvalue weighted by molar-refractivity contribution is -0.198. The SMILES string of the molecule is CSc1nc(Cl)cc(O[C@H](c2ccc(Cl)cc2-n2ccc(C)n2)C(F)(F)F)n1. The average molecular weight is 449 g/mol. The number of aryl methyl sites for hydroxylation is 1. The van der Waals surface area contributed by atoms with Gasteiger partial charge in [-0.15, -0.1) is 0 Å². The summed E-state index contributed by atoms with van der Waals surface area (Å²) in [5, 5.41) is 4.62. The van der Waals surface area contributed by atoms with Crippen LogP contribution >= 0.6 is 35.0 Å². The van der Waals surface area contributed by atoms with Gasteiger partial charge in [-0.2, -0.15) is 23.3 Å². The van der Waals surface area contributed by atoms with Gasteiger partial charge in [-0.3, -0.25) is 0 Å². The number of nitrogens with zero attached hydrogens (tertiary/aromatic N) is 4. The Morgan fingerprint density at radius 1 is 1.14 bits per heavy atom. The molecule has 0 saturated heterocycles. The van der Waals surface area contributed by atoms with E-state index in [0.717, 1.165) is 17.8 Å². The van der Waals surface area contributed by atoms with Crippen LogP contribution in [0.5, 0.6) is 5.88 Å². The largest absolute Gasteiger partial charge is 0.459 e. The molecule has 2 heterocycles. The standard InChI is InChI=1S/C17H13Cl2F3N4OS/c1-9-5-6-26(25-9)12-7-10(18)3-4-11(12)15(17(20,21)22)27-14-8-13(19)23-16(24-14)28-2/h3-8,15H,1-2H3/t15-/m1/s1. The summed E-state index contributed by atoms with van der Waals surface area (Å²) < 4.78 is 48.3. The van der Waals surface area contributed by atoms with Gasteiger partial charge in [-0.1, -0.05) is 41.0 Å². The van der Waals surface area contributed by atoms with Gasteiger partial charge < -0.3 is 4.74 Å². The van der Waals surface area contributed by atoms with Crippen LogP contribution in [0.4, 0.5) is 13.2 Å². The summed E-state index contributed by atoms with van der Waals surface area (Å²) in [7, 11) is 0. The van der Waals surface area contributed by atoms with Crippen molar-refractivity contribution < 1.29 is 17.9 Å². The van der Waals surface area contributed by atoms with Crippen LogP contribution in [-0.4, -0.2) is 32.2 Å². The first-order valence-electron chi connectivity index (χ1n) is 7.81. The fourth-order valence-electron chi connectivity index (χ4n) is 2.44. The maximum atomic E-state index is 13.9. The molecule has 1 aromatic carbocycles.